The summed E-state index contributed by atoms with van der Waals surface area (Å²) in [6, 6.07) is 6.56. The van der Waals surface area contributed by atoms with Gasteiger partial charge < -0.3 is 9.80 Å². The first kappa shape index (κ1) is 8.42. The highest BCUT2D eigenvalue weighted by Gasteiger charge is 2.19. The van der Waals surface area contributed by atoms with Crippen molar-refractivity contribution in [2.24, 2.45) is 0 Å². The molecule has 0 spiro atoms. The predicted octanol–water partition coefficient (Wildman–Crippen LogP) is 1.74. The molecule has 1 heterocycles. The monoisotopic (exact) mass is 176 g/mol. The van der Waals surface area contributed by atoms with Crippen LogP contribution in [0.25, 0.3) is 0 Å². The molecule has 1 aromatic carbocycles. The third-order valence-corrected chi connectivity index (χ3v) is 2.68. The largest absolute Gasteiger partial charge is 0.376 e. The van der Waals surface area contributed by atoms with Gasteiger partial charge in [-0.15, -0.1) is 0 Å². The molecule has 0 atom stereocenters. The lowest BCUT2D eigenvalue weighted by Gasteiger charge is -2.21. The molecule has 0 bridgehead atoms. The van der Waals surface area contributed by atoms with Gasteiger partial charge >= 0.3 is 0 Å². The Hall–Kier alpha value is -1.18. The highest BCUT2D eigenvalue weighted by Crippen LogP contribution is 2.35. The van der Waals surface area contributed by atoms with Crippen LogP contribution in [-0.2, 0) is 6.42 Å². The van der Waals surface area contributed by atoms with E-state index in [1.807, 2.05) is 0 Å². The number of para-hydroxylation sites is 1. The van der Waals surface area contributed by atoms with Crippen LogP contribution >= 0.6 is 0 Å². The minimum absolute atomic E-state index is 1.15. The van der Waals surface area contributed by atoms with Gasteiger partial charge in [-0.2, -0.15) is 0 Å². The summed E-state index contributed by atoms with van der Waals surface area (Å²) in [5.41, 5.74) is 4.22. The Morgan fingerprint density at radius 1 is 1.31 bits per heavy atom. The van der Waals surface area contributed by atoms with E-state index in [-0.39, 0.29) is 0 Å². The number of rotatable bonds is 1. The van der Waals surface area contributed by atoms with Crippen LogP contribution in [0, 0.1) is 0 Å². The van der Waals surface area contributed by atoms with E-state index in [0.29, 0.717) is 0 Å². The van der Waals surface area contributed by atoms with Crippen molar-refractivity contribution in [2.45, 2.75) is 6.42 Å². The van der Waals surface area contributed by atoms with Crippen molar-refractivity contribution in [2.75, 3.05) is 37.5 Å². The van der Waals surface area contributed by atoms with Crippen molar-refractivity contribution in [1.82, 2.24) is 0 Å². The number of hydrogen-bond donors (Lipinski definition) is 0. The summed E-state index contributed by atoms with van der Waals surface area (Å²) in [7, 11) is 6.36. The average Bonchev–Trinajstić information content (AvgIpc) is 2.48. The zero-order valence-corrected chi connectivity index (χ0v) is 8.54. The van der Waals surface area contributed by atoms with Crippen molar-refractivity contribution in [3.63, 3.8) is 0 Å². The van der Waals surface area contributed by atoms with E-state index in [1.165, 1.54) is 23.4 Å². The van der Waals surface area contributed by atoms with Crippen LogP contribution in [0.4, 0.5) is 11.4 Å². The Kier molecular flexibility index (Phi) is 1.91. The Morgan fingerprint density at radius 3 is 2.77 bits per heavy atom. The molecular weight excluding hydrogens is 160 g/mol. The minimum Gasteiger partial charge on any atom is -0.376 e. The second kappa shape index (κ2) is 2.95. The van der Waals surface area contributed by atoms with Gasteiger partial charge in [0, 0.05) is 27.7 Å². The molecule has 2 heteroatoms. The third-order valence-electron chi connectivity index (χ3n) is 2.68. The van der Waals surface area contributed by atoms with Gasteiger partial charge in [-0.3, -0.25) is 0 Å². The summed E-state index contributed by atoms with van der Waals surface area (Å²) in [5, 5.41) is 0. The Balaban J connectivity index is 2.53. The van der Waals surface area contributed by atoms with E-state index >= 15 is 0 Å². The summed E-state index contributed by atoms with van der Waals surface area (Å²) >= 11 is 0. The van der Waals surface area contributed by atoms with E-state index in [1.54, 1.807) is 0 Å². The van der Waals surface area contributed by atoms with Gasteiger partial charge in [-0.1, -0.05) is 12.1 Å². The lowest BCUT2D eigenvalue weighted by Crippen LogP contribution is -2.17. The maximum atomic E-state index is 2.34. The van der Waals surface area contributed by atoms with Gasteiger partial charge in [-0.05, 0) is 18.1 Å². The molecule has 2 nitrogen and oxygen atoms in total. The smallest absolute Gasteiger partial charge is 0.0634 e. The maximum absolute atomic E-state index is 2.34. The SMILES string of the molecule is CN(C)c1cccc2c1N(C)CC2. The highest BCUT2D eigenvalue weighted by atomic mass is 15.2. The summed E-state index contributed by atoms with van der Waals surface area (Å²) in [6.07, 6.45) is 1.19. The normalized spacial score (nSPS) is 14.5. The van der Waals surface area contributed by atoms with Gasteiger partial charge in [0.1, 0.15) is 0 Å². The van der Waals surface area contributed by atoms with E-state index in [0.717, 1.165) is 6.54 Å². The van der Waals surface area contributed by atoms with E-state index < -0.39 is 0 Å². The first-order chi connectivity index (χ1) is 6.20. The second-order valence-electron chi connectivity index (χ2n) is 3.85. The number of anilines is 2. The van der Waals surface area contributed by atoms with Crippen molar-refractivity contribution in [3.8, 4) is 0 Å². The molecule has 1 aromatic rings. The predicted molar refractivity (Wildman–Crippen MR) is 57.7 cm³/mol. The fraction of sp³-hybridized carbons (Fsp3) is 0.455. The Labute approximate surface area is 79.8 Å². The van der Waals surface area contributed by atoms with Crippen LogP contribution in [0.3, 0.4) is 0 Å². The first-order valence-electron chi connectivity index (χ1n) is 4.70. The molecule has 1 aliphatic rings. The van der Waals surface area contributed by atoms with Gasteiger partial charge in [-0.25, -0.2) is 0 Å². The Morgan fingerprint density at radius 2 is 2.08 bits per heavy atom. The van der Waals surface area contributed by atoms with Crippen LogP contribution in [0.1, 0.15) is 5.56 Å². The van der Waals surface area contributed by atoms with Gasteiger partial charge in [0.05, 0.1) is 11.4 Å². The number of likely N-dealkylation sites (N-methyl/N-ethyl adjacent to an activating group) is 1. The summed E-state index contributed by atoms with van der Waals surface area (Å²) in [4.78, 5) is 4.52. The molecule has 70 valence electrons. The molecule has 0 saturated heterocycles. The topological polar surface area (TPSA) is 6.48 Å². The zero-order valence-electron chi connectivity index (χ0n) is 8.54. The molecule has 0 fully saturated rings. The second-order valence-corrected chi connectivity index (χ2v) is 3.85. The average molecular weight is 176 g/mol. The van der Waals surface area contributed by atoms with Crippen molar-refractivity contribution in [3.05, 3.63) is 23.8 Å². The van der Waals surface area contributed by atoms with Crippen LogP contribution < -0.4 is 9.80 Å². The molecule has 0 aliphatic carbocycles. The quantitative estimate of drug-likeness (QED) is 0.643. The maximum Gasteiger partial charge on any atom is 0.0634 e. The molecule has 2 rings (SSSR count). The van der Waals surface area contributed by atoms with Crippen molar-refractivity contribution >= 4 is 11.4 Å². The van der Waals surface area contributed by atoms with Crippen LogP contribution in [0.15, 0.2) is 18.2 Å². The minimum atomic E-state index is 1.15. The molecule has 0 unspecified atom stereocenters. The summed E-state index contributed by atoms with van der Waals surface area (Å²) in [6.45, 7) is 1.15. The molecule has 0 saturated carbocycles. The van der Waals surface area contributed by atoms with Crippen molar-refractivity contribution < 1.29 is 0 Å². The van der Waals surface area contributed by atoms with Gasteiger partial charge in [0.15, 0.2) is 0 Å². The molecule has 0 radical (unpaired) electrons. The summed E-state index contributed by atoms with van der Waals surface area (Å²) < 4.78 is 0. The third kappa shape index (κ3) is 1.26. The molecule has 0 aromatic heterocycles. The summed E-state index contributed by atoms with van der Waals surface area (Å²) in [5.74, 6) is 0. The molecule has 0 amide bonds. The number of fused-ring (bicyclic) bond motifs is 1. The zero-order chi connectivity index (χ0) is 9.42. The standard InChI is InChI=1S/C11H16N2/c1-12(2)10-6-4-5-9-7-8-13(3)11(9)10/h4-6H,7-8H2,1-3H3. The molecular formula is C11H16N2. The number of hydrogen-bond acceptors (Lipinski definition) is 2. The van der Waals surface area contributed by atoms with E-state index in [9.17, 15) is 0 Å². The lowest BCUT2D eigenvalue weighted by molar-refractivity contribution is 0.953. The van der Waals surface area contributed by atoms with Crippen LogP contribution in [-0.4, -0.2) is 27.7 Å². The fourth-order valence-electron chi connectivity index (χ4n) is 1.98. The molecule has 1 aliphatic heterocycles. The van der Waals surface area contributed by atoms with Crippen LogP contribution in [0.2, 0.25) is 0 Å². The van der Waals surface area contributed by atoms with Crippen molar-refractivity contribution in [1.29, 1.82) is 0 Å². The molecule has 0 N–H and O–H groups in total. The highest BCUT2D eigenvalue weighted by molar-refractivity contribution is 5.76. The van der Waals surface area contributed by atoms with Gasteiger partial charge in [0.2, 0.25) is 0 Å². The Bertz CT molecular complexity index is 318. The fourth-order valence-corrected chi connectivity index (χ4v) is 1.98. The number of benzene rings is 1. The van der Waals surface area contributed by atoms with E-state index in [4.69, 9.17) is 0 Å². The lowest BCUT2D eigenvalue weighted by atomic mass is 10.1. The first-order valence-corrected chi connectivity index (χ1v) is 4.70. The van der Waals surface area contributed by atoms with Gasteiger partial charge in [0.25, 0.3) is 0 Å². The number of nitrogens with zero attached hydrogens (tertiary/aromatic N) is 2. The van der Waals surface area contributed by atoms with E-state index in [2.05, 4.69) is 49.1 Å². The van der Waals surface area contributed by atoms with Crippen LogP contribution in [0.5, 0.6) is 0 Å². The molecule has 13 heavy (non-hydrogen) atoms.